The van der Waals surface area contributed by atoms with Crippen molar-refractivity contribution in [1.82, 2.24) is 9.97 Å². The Balaban J connectivity index is 3.09. The second kappa shape index (κ2) is 3.35. The number of hydrogen-bond acceptors (Lipinski definition) is 3. The van der Waals surface area contributed by atoms with Gasteiger partial charge in [-0.05, 0) is 0 Å². The second-order valence-corrected chi connectivity index (χ2v) is 3.55. The molecule has 1 rings (SSSR count). The zero-order valence-corrected chi connectivity index (χ0v) is 9.34. The Kier molecular flexibility index (Phi) is 2.69. The molecule has 0 radical (unpaired) electrons. The molecule has 0 saturated carbocycles. The van der Waals surface area contributed by atoms with Crippen LogP contribution in [0.1, 0.15) is 0 Å². The molecule has 0 fully saturated rings. The van der Waals surface area contributed by atoms with Crippen molar-refractivity contribution in [3.63, 3.8) is 0 Å². The van der Waals surface area contributed by atoms with Gasteiger partial charge in [0.15, 0.2) is 0 Å². The van der Waals surface area contributed by atoms with E-state index in [2.05, 4.69) is 25.9 Å². The minimum atomic E-state index is 0.592. The fraction of sp³-hybridized carbons (Fsp3) is 0.200. The first-order valence-corrected chi connectivity index (χ1v) is 4.56. The molecule has 5 heteroatoms. The number of halogens is 1. The van der Waals surface area contributed by atoms with Gasteiger partial charge in [-0.15, -0.1) is 0 Å². The number of nitrogens with zero attached hydrogens (tertiary/aromatic N) is 2. The van der Waals surface area contributed by atoms with Crippen molar-refractivity contribution >= 4 is 37.3 Å². The summed E-state index contributed by atoms with van der Waals surface area (Å²) >= 11 is 4.59. The van der Waals surface area contributed by atoms with Gasteiger partial charge in [-0.3, -0.25) is 0 Å². The van der Waals surface area contributed by atoms with Crippen molar-refractivity contribution in [1.29, 1.82) is 0 Å². The van der Waals surface area contributed by atoms with Crippen molar-refractivity contribution in [3.8, 4) is 5.88 Å². The Bertz CT molecular complexity index is 243. The zero-order valence-electron chi connectivity index (χ0n) is 5.34. The number of aromatic nitrogens is 2. The van der Waals surface area contributed by atoms with E-state index in [1.807, 2.05) is 0 Å². The van der Waals surface area contributed by atoms with Gasteiger partial charge in [0.1, 0.15) is 0 Å². The first-order valence-electron chi connectivity index (χ1n) is 2.56. The summed E-state index contributed by atoms with van der Waals surface area (Å²) in [6.45, 7) is 0. The van der Waals surface area contributed by atoms with Crippen molar-refractivity contribution < 1.29 is 4.74 Å². The quantitative estimate of drug-likeness (QED) is 0.642. The summed E-state index contributed by atoms with van der Waals surface area (Å²) in [6.07, 6.45) is 1.65. The van der Waals surface area contributed by atoms with Crippen LogP contribution in [0.15, 0.2) is 10.8 Å². The van der Waals surface area contributed by atoms with E-state index in [1.165, 1.54) is 16.9 Å². The summed E-state index contributed by atoms with van der Waals surface area (Å²) in [4.78, 5) is 8.08. The molecule has 0 aliphatic rings. The maximum absolute atomic E-state index is 4.94. The van der Waals surface area contributed by atoms with Crippen LogP contribution in [0.2, 0.25) is 0 Å². The van der Waals surface area contributed by atoms with Gasteiger partial charge in [0.2, 0.25) is 0 Å². The van der Waals surface area contributed by atoms with Gasteiger partial charge in [-0.25, -0.2) is 0 Å². The van der Waals surface area contributed by atoms with Crippen molar-refractivity contribution in [2.24, 2.45) is 0 Å². The molecule has 0 saturated heterocycles. The van der Waals surface area contributed by atoms with Gasteiger partial charge < -0.3 is 0 Å². The van der Waals surface area contributed by atoms with Crippen LogP contribution in [-0.4, -0.2) is 33.9 Å². The normalized spacial score (nSPS) is 9.50. The molecule has 1 aromatic heterocycles. The monoisotopic (exact) mass is 264 g/mol. The molecule has 10 heavy (non-hydrogen) atoms. The Hall–Kier alpha value is -0.0816. The van der Waals surface area contributed by atoms with Crippen LogP contribution < -0.4 is 9.22 Å². The Morgan fingerprint density at radius 3 is 2.90 bits per heavy atom. The Morgan fingerprint density at radius 1 is 1.70 bits per heavy atom. The van der Waals surface area contributed by atoms with Crippen molar-refractivity contribution in [3.05, 3.63) is 10.8 Å². The van der Waals surface area contributed by atoms with Crippen LogP contribution in [0.25, 0.3) is 0 Å². The molecule has 0 N–H and O–H groups in total. The van der Waals surface area contributed by atoms with Gasteiger partial charge in [0, 0.05) is 0 Å². The third kappa shape index (κ3) is 1.70. The molecule has 1 unspecified atom stereocenters. The summed E-state index contributed by atoms with van der Waals surface area (Å²) in [5.41, 5.74) is 0. The van der Waals surface area contributed by atoms with Crippen LogP contribution in [0.4, 0.5) is 0 Å². The van der Waals surface area contributed by atoms with E-state index >= 15 is 0 Å². The summed E-state index contributed by atoms with van der Waals surface area (Å²) in [5.74, 6) is 0.592. The molecule has 0 spiro atoms. The Labute approximate surface area is 75.8 Å². The molecule has 0 aliphatic heterocycles. The fourth-order valence-electron chi connectivity index (χ4n) is 0.511. The molecule has 1 atom stereocenters. The summed E-state index contributed by atoms with van der Waals surface area (Å²) in [6, 6.07) is 0. The molecular weight excluding hydrogens is 259 g/mol. The van der Waals surface area contributed by atoms with Gasteiger partial charge in [-0.2, -0.15) is 0 Å². The van der Waals surface area contributed by atoms with Gasteiger partial charge in [0.25, 0.3) is 0 Å². The van der Waals surface area contributed by atoms with Gasteiger partial charge >= 0.3 is 75.8 Å². The fourth-order valence-corrected chi connectivity index (χ4v) is 1.31. The SMILES string of the molecule is COc1nc(Br)cnc1[AsH2]. The van der Waals surface area contributed by atoms with E-state index in [4.69, 9.17) is 4.74 Å². The van der Waals surface area contributed by atoms with Crippen LogP contribution in [0, 0.1) is 0 Å². The molecular formula is C5H6AsBrN2O. The van der Waals surface area contributed by atoms with Crippen molar-refractivity contribution in [2.75, 3.05) is 7.11 Å². The number of hydrogen-bond donors (Lipinski definition) is 0. The Morgan fingerprint density at radius 2 is 2.40 bits per heavy atom. The van der Waals surface area contributed by atoms with Gasteiger partial charge in [0.05, 0.1) is 0 Å². The molecule has 54 valence electrons. The van der Waals surface area contributed by atoms with E-state index in [-0.39, 0.29) is 0 Å². The van der Waals surface area contributed by atoms with Crippen LogP contribution in [-0.2, 0) is 0 Å². The summed E-state index contributed by atoms with van der Waals surface area (Å²) < 4.78 is 6.50. The van der Waals surface area contributed by atoms with E-state index in [0.29, 0.717) is 10.5 Å². The predicted molar refractivity (Wildman–Crippen MR) is 44.5 cm³/mol. The molecule has 1 aromatic rings. The average molecular weight is 265 g/mol. The summed E-state index contributed by atoms with van der Waals surface area (Å²) in [7, 11) is 1.58. The van der Waals surface area contributed by atoms with E-state index in [0.717, 1.165) is 4.48 Å². The topological polar surface area (TPSA) is 35.0 Å². The van der Waals surface area contributed by atoms with E-state index in [9.17, 15) is 0 Å². The molecule has 0 aromatic carbocycles. The minimum absolute atomic E-state index is 0.592. The zero-order chi connectivity index (χ0) is 7.56. The summed E-state index contributed by atoms with van der Waals surface area (Å²) in [5, 5.41) is 0. The third-order valence-corrected chi connectivity index (χ3v) is 2.14. The maximum atomic E-state index is 4.94. The van der Waals surface area contributed by atoms with Crippen LogP contribution in [0.5, 0.6) is 5.88 Å². The molecule has 1 heterocycles. The molecule has 0 amide bonds. The molecule has 0 bridgehead atoms. The standard InChI is InChI=1S/C5H6AsBrN2O/c1-10-5-4(6)8-2-3(7)9-5/h2H,6H2,1H3. The van der Waals surface area contributed by atoms with Gasteiger partial charge in [-0.1, -0.05) is 0 Å². The first kappa shape index (κ1) is 8.02. The molecule has 0 aliphatic carbocycles. The third-order valence-electron chi connectivity index (χ3n) is 0.931. The van der Waals surface area contributed by atoms with Crippen LogP contribution >= 0.6 is 15.9 Å². The van der Waals surface area contributed by atoms with Crippen LogP contribution in [0.3, 0.4) is 0 Å². The molecule has 3 nitrogen and oxygen atoms in total. The van der Waals surface area contributed by atoms with Crippen molar-refractivity contribution in [2.45, 2.75) is 0 Å². The average Bonchev–Trinajstić information content (AvgIpc) is 1.94. The van der Waals surface area contributed by atoms with E-state index in [1.54, 1.807) is 13.3 Å². The number of ether oxygens (including phenoxy) is 1. The van der Waals surface area contributed by atoms with E-state index < -0.39 is 0 Å². The number of rotatable bonds is 1. The predicted octanol–water partition coefficient (Wildman–Crippen LogP) is -0.494. The number of methoxy groups -OCH3 is 1. The second-order valence-electron chi connectivity index (χ2n) is 1.59. The first-order chi connectivity index (χ1) is 4.74.